The van der Waals surface area contributed by atoms with E-state index in [1.54, 1.807) is 0 Å². The smallest absolute Gasteiger partial charge is 0.169 e. The minimum atomic E-state index is 0.290. The molecule has 1 aromatic heterocycles. The van der Waals surface area contributed by atoms with Gasteiger partial charge in [-0.1, -0.05) is 13.8 Å². The summed E-state index contributed by atoms with van der Waals surface area (Å²) in [5, 5.41) is 18.0. The Bertz CT molecular complexity index is 489. The van der Waals surface area contributed by atoms with Crippen LogP contribution in [0, 0.1) is 11.3 Å². The predicted octanol–water partition coefficient (Wildman–Crippen LogP) is 1.70. The molecule has 0 aromatic carbocycles. The molecule has 1 aliphatic heterocycles. The molecule has 1 fully saturated rings. The molecule has 2 heterocycles. The summed E-state index contributed by atoms with van der Waals surface area (Å²) in [6.45, 7) is 5.57. The van der Waals surface area contributed by atoms with E-state index in [2.05, 4.69) is 23.2 Å². The highest BCUT2D eigenvalue weighted by Crippen LogP contribution is 2.25. The van der Waals surface area contributed by atoms with Crippen LogP contribution in [0.4, 0.5) is 5.82 Å². The van der Waals surface area contributed by atoms with Crippen LogP contribution in [0.5, 0.6) is 0 Å². The first-order chi connectivity index (χ1) is 9.22. The Balaban J connectivity index is 2.42. The standard InChI is InChI=1S/C14H20N4O/c1-4-11-12(8-15)14(17-16-13(11)5-2)18(3)10-6-7-19-9-10/h10H,4-7,9H2,1-3H3. The van der Waals surface area contributed by atoms with E-state index >= 15 is 0 Å². The lowest BCUT2D eigenvalue weighted by Crippen LogP contribution is -2.33. The van der Waals surface area contributed by atoms with Crippen molar-refractivity contribution >= 4 is 5.82 Å². The van der Waals surface area contributed by atoms with Gasteiger partial charge >= 0.3 is 0 Å². The zero-order valence-corrected chi connectivity index (χ0v) is 11.8. The van der Waals surface area contributed by atoms with Crippen molar-refractivity contribution in [2.24, 2.45) is 0 Å². The highest BCUT2D eigenvalue weighted by Gasteiger charge is 2.25. The molecule has 19 heavy (non-hydrogen) atoms. The third-order valence-corrected chi connectivity index (χ3v) is 3.73. The molecule has 0 bridgehead atoms. The van der Waals surface area contributed by atoms with Gasteiger partial charge in [-0.2, -0.15) is 10.4 Å². The summed E-state index contributed by atoms with van der Waals surface area (Å²) >= 11 is 0. The molecule has 1 atom stereocenters. The number of ether oxygens (including phenoxy) is 1. The number of aryl methyl sites for hydroxylation is 1. The first-order valence-electron chi connectivity index (χ1n) is 6.82. The maximum absolute atomic E-state index is 9.47. The molecule has 0 amide bonds. The number of anilines is 1. The number of aromatic nitrogens is 2. The molecule has 0 saturated carbocycles. The predicted molar refractivity (Wildman–Crippen MR) is 73.1 cm³/mol. The van der Waals surface area contributed by atoms with E-state index < -0.39 is 0 Å². The van der Waals surface area contributed by atoms with Crippen LogP contribution in [0.15, 0.2) is 0 Å². The summed E-state index contributed by atoms with van der Waals surface area (Å²) in [5.41, 5.74) is 2.63. The molecule has 1 unspecified atom stereocenters. The van der Waals surface area contributed by atoms with Gasteiger partial charge in [0, 0.05) is 13.7 Å². The van der Waals surface area contributed by atoms with Crippen LogP contribution < -0.4 is 4.90 Å². The minimum absolute atomic E-state index is 0.290. The van der Waals surface area contributed by atoms with E-state index in [0.29, 0.717) is 24.0 Å². The largest absolute Gasteiger partial charge is 0.379 e. The van der Waals surface area contributed by atoms with E-state index in [4.69, 9.17) is 4.74 Å². The Labute approximate surface area is 114 Å². The van der Waals surface area contributed by atoms with Crippen molar-refractivity contribution in [2.45, 2.75) is 39.2 Å². The lowest BCUT2D eigenvalue weighted by Gasteiger charge is -2.25. The number of likely N-dealkylation sites (N-methyl/N-ethyl adjacent to an activating group) is 1. The van der Waals surface area contributed by atoms with Gasteiger partial charge in [-0.25, -0.2) is 0 Å². The second kappa shape index (κ2) is 5.98. The fraction of sp³-hybridized carbons (Fsp3) is 0.643. The Kier molecular flexibility index (Phi) is 4.33. The van der Waals surface area contributed by atoms with Crippen molar-refractivity contribution in [1.29, 1.82) is 5.26 Å². The summed E-state index contributed by atoms with van der Waals surface area (Å²) in [6, 6.07) is 2.60. The lowest BCUT2D eigenvalue weighted by atomic mass is 10.0. The summed E-state index contributed by atoms with van der Waals surface area (Å²) in [5.74, 6) is 0.687. The number of hydrogen-bond acceptors (Lipinski definition) is 5. The molecule has 2 rings (SSSR count). The van der Waals surface area contributed by atoms with Gasteiger partial charge in [0.15, 0.2) is 5.82 Å². The molecule has 5 nitrogen and oxygen atoms in total. The molecule has 102 valence electrons. The van der Waals surface area contributed by atoms with E-state index in [0.717, 1.165) is 37.1 Å². The molecule has 5 heteroatoms. The zero-order chi connectivity index (χ0) is 13.8. The first-order valence-corrected chi connectivity index (χ1v) is 6.82. The van der Waals surface area contributed by atoms with Gasteiger partial charge in [-0.15, -0.1) is 5.10 Å². The normalized spacial score (nSPS) is 18.3. The Morgan fingerprint density at radius 3 is 2.68 bits per heavy atom. The number of hydrogen-bond donors (Lipinski definition) is 0. The lowest BCUT2D eigenvalue weighted by molar-refractivity contribution is 0.193. The summed E-state index contributed by atoms with van der Waals surface area (Å²) < 4.78 is 5.40. The maximum Gasteiger partial charge on any atom is 0.169 e. The SMILES string of the molecule is CCc1nnc(N(C)C2CCOC2)c(C#N)c1CC. The van der Waals surface area contributed by atoms with Crippen molar-refractivity contribution in [1.82, 2.24) is 10.2 Å². The minimum Gasteiger partial charge on any atom is -0.379 e. The second-order valence-corrected chi connectivity index (χ2v) is 4.77. The van der Waals surface area contributed by atoms with Crippen molar-refractivity contribution in [3.8, 4) is 6.07 Å². The average Bonchev–Trinajstić information content (AvgIpc) is 2.98. The Hall–Kier alpha value is -1.67. The molecular formula is C14H20N4O. The summed E-state index contributed by atoms with van der Waals surface area (Å²) in [4.78, 5) is 2.04. The van der Waals surface area contributed by atoms with Crippen molar-refractivity contribution < 1.29 is 4.74 Å². The van der Waals surface area contributed by atoms with Crippen molar-refractivity contribution in [3.05, 3.63) is 16.8 Å². The summed E-state index contributed by atoms with van der Waals surface area (Å²) in [7, 11) is 1.97. The van der Waals surface area contributed by atoms with Gasteiger partial charge in [0.05, 0.1) is 18.3 Å². The van der Waals surface area contributed by atoms with Crippen LogP contribution in [-0.2, 0) is 17.6 Å². The van der Waals surface area contributed by atoms with Crippen molar-refractivity contribution in [3.63, 3.8) is 0 Å². The van der Waals surface area contributed by atoms with E-state index in [1.807, 2.05) is 18.9 Å². The monoisotopic (exact) mass is 260 g/mol. The second-order valence-electron chi connectivity index (χ2n) is 4.77. The number of nitrogens with zero attached hydrogens (tertiary/aromatic N) is 4. The molecule has 0 spiro atoms. The van der Waals surface area contributed by atoms with Crippen LogP contribution in [0.3, 0.4) is 0 Å². The molecule has 1 aromatic rings. The third-order valence-electron chi connectivity index (χ3n) is 3.73. The highest BCUT2D eigenvalue weighted by atomic mass is 16.5. The van der Waals surface area contributed by atoms with Crippen LogP contribution in [0.1, 0.15) is 37.1 Å². The van der Waals surface area contributed by atoms with Crippen molar-refractivity contribution in [2.75, 3.05) is 25.2 Å². The molecule has 1 aliphatic rings. The average molecular weight is 260 g/mol. The number of nitriles is 1. The zero-order valence-electron chi connectivity index (χ0n) is 11.8. The third kappa shape index (κ3) is 2.54. The topological polar surface area (TPSA) is 62.0 Å². The fourth-order valence-electron chi connectivity index (χ4n) is 2.53. The van der Waals surface area contributed by atoms with E-state index in [-0.39, 0.29) is 0 Å². The number of rotatable bonds is 4. The van der Waals surface area contributed by atoms with E-state index in [9.17, 15) is 5.26 Å². The van der Waals surface area contributed by atoms with Crippen LogP contribution in [-0.4, -0.2) is 36.5 Å². The molecule has 0 radical (unpaired) electrons. The van der Waals surface area contributed by atoms with Gasteiger partial charge in [0.2, 0.25) is 0 Å². The molecule has 0 N–H and O–H groups in total. The highest BCUT2D eigenvalue weighted by molar-refractivity contribution is 5.58. The maximum atomic E-state index is 9.47. The Morgan fingerprint density at radius 2 is 2.16 bits per heavy atom. The van der Waals surface area contributed by atoms with Crippen LogP contribution in [0.2, 0.25) is 0 Å². The summed E-state index contributed by atoms with van der Waals surface area (Å²) in [6.07, 6.45) is 2.59. The molecule has 0 aliphatic carbocycles. The van der Waals surface area contributed by atoms with Gasteiger partial charge < -0.3 is 9.64 Å². The van der Waals surface area contributed by atoms with Gasteiger partial charge in [-0.3, -0.25) is 0 Å². The molecule has 1 saturated heterocycles. The fourth-order valence-corrected chi connectivity index (χ4v) is 2.53. The van der Waals surface area contributed by atoms with Gasteiger partial charge in [-0.05, 0) is 24.8 Å². The molecular weight excluding hydrogens is 240 g/mol. The Morgan fingerprint density at radius 1 is 1.37 bits per heavy atom. The van der Waals surface area contributed by atoms with Crippen LogP contribution in [0.25, 0.3) is 0 Å². The van der Waals surface area contributed by atoms with E-state index in [1.165, 1.54) is 0 Å². The van der Waals surface area contributed by atoms with Gasteiger partial charge in [0.25, 0.3) is 0 Å². The van der Waals surface area contributed by atoms with Gasteiger partial charge in [0.1, 0.15) is 11.6 Å². The quantitative estimate of drug-likeness (QED) is 0.824. The first kappa shape index (κ1) is 13.8. The van der Waals surface area contributed by atoms with Crippen LogP contribution >= 0.6 is 0 Å².